The summed E-state index contributed by atoms with van der Waals surface area (Å²) in [4.78, 5) is 21.2. The van der Waals surface area contributed by atoms with Gasteiger partial charge in [0.2, 0.25) is 0 Å². The normalized spacial score (nSPS) is 29.5. The number of carbonyl (C=O) groups excluding carboxylic acids is 1. The second kappa shape index (κ2) is 9.68. The molecule has 2 aromatic rings. The van der Waals surface area contributed by atoms with Crippen LogP contribution in [0.5, 0.6) is 0 Å². The fourth-order valence-corrected chi connectivity index (χ4v) is 10.7. The van der Waals surface area contributed by atoms with Gasteiger partial charge in [0.05, 0.1) is 0 Å². The van der Waals surface area contributed by atoms with Crippen LogP contribution < -0.4 is 4.90 Å². The molecule has 2 bridgehead atoms. The zero-order chi connectivity index (χ0) is 24.1. The highest BCUT2D eigenvalue weighted by Crippen LogP contribution is 2.61. The largest absolute Gasteiger partial charge is 0.309 e. The van der Waals surface area contributed by atoms with E-state index in [2.05, 4.69) is 63.2 Å². The Bertz CT molecular complexity index is 1110. The third-order valence-electron chi connectivity index (χ3n) is 9.41. The van der Waals surface area contributed by atoms with E-state index < -0.39 is 4.08 Å². The maximum absolute atomic E-state index is 13.9. The molecule has 3 unspecified atom stereocenters. The van der Waals surface area contributed by atoms with Gasteiger partial charge in [0.15, 0.2) is 4.08 Å². The van der Waals surface area contributed by atoms with Gasteiger partial charge >= 0.3 is 0 Å². The van der Waals surface area contributed by atoms with Crippen LogP contribution >= 0.6 is 23.5 Å². The van der Waals surface area contributed by atoms with Crippen LogP contribution in [0.1, 0.15) is 48.3 Å². The number of hydrogen-bond acceptors (Lipinski definition) is 5. The first-order chi connectivity index (χ1) is 17.7. The maximum atomic E-state index is 13.9. The van der Waals surface area contributed by atoms with Crippen molar-refractivity contribution in [2.75, 3.05) is 55.7 Å². The van der Waals surface area contributed by atoms with Gasteiger partial charge in [-0.1, -0.05) is 48.9 Å². The molecule has 190 valence electrons. The lowest BCUT2D eigenvalue weighted by atomic mass is 9.83. The van der Waals surface area contributed by atoms with Crippen molar-refractivity contribution in [1.29, 1.82) is 0 Å². The minimum atomic E-state index is -0.392. The number of thioether (sulfide) groups is 2. The third kappa shape index (κ3) is 4.13. The third-order valence-corrected chi connectivity index (χ3v) is 12.8. The van der Waals surface area contributed by atoms with Crippen molar-refractivity contribution in [3.8, 4) is 0 Å². The summed E-state index contributed by atoms with van der Waals surface area (Å²) in [5.41, 5.74) is 5.41. The van der Waals surface area contributed by atoms with Gasteiger partial charge in [0, 0.05) is 68.6 Å². The number of nitrogens with zero attached hydrogens (tertiary/aromatic N) is 3. The van der Waals surface area contributed by atoms with Gasteiger partial charge in [0.25, 0.3) is 5.91 Å². The molecular formula is C30H37N3OS2. The van der Waals surface area contributed by atoms with E-state index in [9.17, 15) is 4.79 Å². The lowest BCUT2D eigenvalue weighted by Crippen LogP contribution is -2.48. The number of anilines is 1. The number of piperazine rings is 1. The van der Waals surface area contributed by atoms with Crippen molar-refractivity contribution in [1.82, 2.24) is 9.80 Å². The Balaban J connectivity index is 1.04. The fourth-order valence-electron chi connectivity index (χ4n) is 7.51. The number of fused-ring (bicyclic) bond motifs is 4. The zero-order valence-electron chi connectivity index (χ0n) is 21.1. The van der Waals surface area contributed by atoms with Crippen LogP contribution in [0.25, 0.3) is 0 Å². The molecule has 6 heteroatoms. The van der Waals surface area contributed by atoms with Crippen molar-refractivity contribution in [2.24, 2.45) is 11.8 Å². The molecular weight excluding hydrogens is 482 g/mol. The molecule has 3 aliphatic heterocycles. The molecule has 2 aliphatic carbocycles. The quantitative estimate of drug-likeness (QED) is 0.510. The number of carbonyl (C=O) groups is 1. The topological polar surface area (TPSA) is 26.8 Å². The summed E-state index contributed by atoms with van der Waals surface area (Å²) in [6, 6.07) is 17.9. The van der Waals surface area contributed by atoms with E-state index in [0.717, 1.165) is 75.1 Å². The van der Waals surface area contributed by atoms with Crippen LogP contribution in [0.3, 0.4) is 0 Å². The van der Waals surface area contributed by atoms with Gasteiger partial charge in [-0.2, -0.15) is 0 Å². The standard InChI is InChI=1S/C30H37N3OS2/c34-29-30(35-16-17-36-30)27-20-25(26-19-23-6-7-24(26)18-23)8-9-28(27)33(29)15-14-31-10-12-32(13-11-31)21-22-4-2-1-3-5-22/h1-5,8-9,20,23-24,26H,6-7,10-19,21H2. The van der Waals surface area contributed by atoms with E-state index in [4.69, 9.17) is 0 Å². The second-order valence-corrected chi connectivity index (χ2v) is 14.3. The van der Waals surface area contributed by atoms with Crippen LogP contribution in [0.2, 0.25) is 0 Å². The Morgan fingerprint density at radius 3 is 2.36 bits per heavy atom. The number of hydrogen-bond donors (Lipinski definition) is 0. The summed E-state index contributed by atoms with van der Waals surface area (Å²) < 4.78 is -0.392. The van der Waals surface area contributed by atoms with E-state index in [1.807, 2.05) is 23.5 Å². The van der Waals surface area contributed by atoms with Crippen molar-refractivity contribution in [3.63, 3.8) is 0 Å². The Kier molecular flexibility index (Phi) is 6.36. The molecule has 4 fully saturated rings. The highest BCUT2D eigenvalue weighted by molar-refractivity contribution is 8.21. The SMILES string of the molecule is O=C1N(CCN2CCN(Cc3ccccc3)CC2)c2ccc(C3CC4CCC3C4)cc2C12SCCS2. The Hall–Kier alpha value is -1.47. The minimum absolute atomic E-state index is 0.331. The Morgan fingerprint density at radius 2 is 1.64 bits per heavy atom. The summed E-state index contributed by atoms with van der Waals surface area (Å²) in [6.07, 6.45) is 5.64. The molecule has 0 aromatic heterocycles. The Morgan fingerprint density at radius 1 is 0.861 bits per heavy atom. The zero-order valence-corrected chi connectivity index (χ0v) is 22.7. The van der Waals surface area contributed by atoms with Crippen LogP contribution in [0.15, 0.2) is 48.5 Å². The molecule has 0 radical (unpaired) electrons. The number of rotatable bonds is 6. The number of benzene rings is 2. The molecule has 2 saturated heterocycles. The van der Waals surface area contributed by atoms with Crippen LogP contribution in [-0.2, 0) is 15.4 Å². The summed E-state index contributed by atoms with van der Waals surface area (Å²) in [5.74, 6) is 5.03. The fraction of sp³-hybridized carbons (Fsp3) is 0.567. The van der Waals surface area contributed by atoms with Crippen LogP contribution in [0.4, 0.5) is 5.69 Å². The van der Waals surface area contributed by atoms with Crippen molar-refractivity contribution < 1.29 is 4.79 Å². The molecule has 3 atom stereocenters. The van der Waals surface area contributed by atoms with Gasteiger partial charge in [-0.15, -0.1) is 23.5 Å². The Labute approximate surface area is 224 Å². The predicted octanol–water partition coefficient (Wildman–Crippen LogP) is 5.39. The monoisotopic (exact) mass is 519 g/mol. The molecule has 5 aliphatic rings. The summed E-state index contributed by atoms with van der Waals surface area (Å²) >= 11 is 3.78. The van der Waals surface area contributed by atoms with Gasteiger partial charge in [0.1, 0.15) is 0 Å². The molecule has 2 aromatic carbocycles. The molecule has 1 spiro atoms. The van der Waals surface area contributed by atoms with E-state index >= 15 is 0 Å². The van der Waals surface area contributed by atoms with Gasteiger partial charge in [-0.05, 0) is 54.2 Å². The first-order valence-electron chi connectivity index (χ1n) is 13.9. The van der Waals surface area contributed by atoms with E-state index in [1.54, 1.807) is 0 Å². The lowest BCUT2D eigenvalue weighted by Gasteiger charge is -2.35. The van der Waals surface area contributed by atoms with Crippen molar-refractivity contribution in [2.45, 2.75) is 42.2 Å². The summed E-state index contributed by atoms with van der Waals surface area (Å²) in [6.45, 7) is 7.17. The van der Waals surface area contributed by atoms with E-state index in [-0.39, 0.29) is 0 Å². The van der Waals surface area contributed by atoms with E-state index in [0.29, 0.717) is 5.91 Å². The van der Waals surface area contributed by atoms with Crippen LogP contribution in [0, 0.1) is 11.8 Å². The highest BCUT2D eigenvalue weighted by Gasteiger charge is 2.54. The summed E-state index contributed by atoms with van der Waals surface area (Å²) in [5, 5.41) is 0. The second-order valence-electron chi connectivity index (χ2n) is 11.4. The highest BCUT2D eigenvalue weighted by atomic mass is 32.2. The maximum Gasteiger partial charge on any atom is 0.258 e. The molecule has 2 saturated carbocycles. The molecule has 7 rings (SSSR count). The van der Waals surface area contributed by atoms with Gasteiger partial charge in [-0.25, -0.2) is 0 Å². The minimum Gasteiger partial charge on any atom is -0.309 e. The van der Waals surface area contributed by atoms with Crippen molar-refractivity contribution in [3.05, 3.63) is 65.2 Å². The average molecular weight is 520 g/mol. The summed E-state index contributed by atoms with van der Waals surface area (Å²) in [7, 11) is 0. The molecule has 0 N–H and O–H groups in total. The van der Waals surface area contributed by atoms with Crippen molar-refractivity contribution >= 4 is 35.1 Å². The predicted molar refractivity (Wildman–Crippen MR) is 152 cm³/mol. The van der Waals surface area contributed by atoms with E-state index in [1.165, 1.54) is 48.1 Å². The smallest absolute Gasteiger partial charge is 0.258 e. The average Bonchev–Trinajstić information content (AvgIpc) is 3.71. The molecule has 4 nitrogen and oxygen atoms in total. The van der Waals surface area contributed by atoms with Crippen LogP contribution in [-0.4, -0.2) is 66.5 Å². The van der Waals surface area contributed by atoms with Gasteiger partial charge in [-0.3, -0.25) is 14.6 Å². The lowest BCUT2D eigenvalue weighted by molar-refractivity contribution is -0.118. The molecule has 36 heavy (non-hydrogen) atoms. The number of amides is 1. The van der Waals surface area contributed by atoms with Gasteiger partial charge < -0.3 is 4.90 Å². The first kappa shape index (κ1) is 23.6. The molecule has 3 heterocycles. The molecule has 1 amide bonds. The first-order valence-corrected chi connectivity index (χ1v) is 15.9.